The first-order chi connectivity index (χ1) is 3.80. The van der Waals surface area contributed by atoms with Gasteiger partial charge >= 0.3 is 0 Å². The van der Waals surface area contributed by atoms with E-state index in [9.17, 15) is 0 Å². The van der Waals surface area contributed by atoms with Crippen molar-refractivity contribution in [1.82, 2.24) is 0 Å². The summed E-state index contributed by atoms with van der Waals surface area (Å²) in [6.07, 6.45) is 6.44. The van der Waals surface area contributed by atoms with E-state index in [-0.39, 0.29) is 4.70 Å². The summed E-state index contributed by atoms with van der Waals surface area (Å²) in [7, 11) is 0. The second-order valence-corrected chi connectivity index (χ2v) is 2.06. The predicted molar refractivity (Wildman–Crippen MR) is 39.4 cm³/mol. The van der Waals surface area contributed by atoms with Gasteiger partial charge in [0.15, 0.2) is 0 Å². The molecule has 3 heteroatoms. The SMILES string of the molecule is F.OC1C=CC=CC1=S. The van der Waals surface area contributed by atoms with Crippen LogP contribution in [0.3, 0.4) is 0 Å². The van der Waals surface area contributed by atoms with Crippen LogP contribution in [0.2, 0.25) is 0 Å². The van der Waals surface area contributed by atoms with Gasteiger partial charge in [0, 0.05) is 4.86 Å². The second-order valence-electron chi connectivity index (χ2n) is 1.59. The first-order valence-electron chi connectivity index (χ1n) is 2.37. The molecule has 1 atom stereocenters. The number of rotatable bonds is 0. The molecular weight excluding hydrogens is 139 g/mol. The molecule has 0 saturated carbocycles. The van der Waals surface area contributed by atoms with Gasteiger partial charge in [-0.2, -0.15) is 0 Å². The fourth-order valence-electron chi connectivity index (χ4n) is 0.513. The van der Waals surface area contributed by atoms with Crippen LogP contribution in [0, 0.1) is 0 Å². The van der Waals surface area contributed by atoms with Crippen LogP contribution in [0.15, 0.2) is 24.3 Å². The number of thiocarbonyl (C=S) groups is 1. The van der Waals surface area contributed by atoms with Gasteiger partial charge in [-0.05, 0) is 6.08 Å². The van der Waals surface area contributed by atoms with E-state index in [1.807, 2.05) is 6.08 Å². The zero-order valence-electron chi connectivity index (χ0n) is 4.65. The summed E-state index contributed by atoms with van der Waals surface area (Å²) in [6, 6.07) is 0. The van der Waals surface area contributed by atoms with Crippen molar-refractivity contribution >= 4 is 17.1 Å². The van der Waals surface area contributed by atoms with E-state index in [2.05, 4.69) is 0 Å². The molecule has 9 heavy (non-hydrogen) atoms. The van der Waals surface area contributed by atoms with Crippen LogP contribution >= 0.6 is 12.2 Å². The molecular formula is C6H7FOS. The van der Waals surface area contributed by atoms with Crippen LogP contribution in [0.1, 0.15) is 0 Å². The van der Waals surface area contributed by atoms with Crippen molar-refractivity contribution in [1.29, 1.82) is 0 Å². The van der Waals surface area contributed by atoms with Crippen molar-refractivity contribution in [2.24, 2.45) is 0 Å². The lowest BCUT2D eigenvalue weighted by molar-refractivity contribution is 0.292. The van der Waals surface area contributed by atoms with E-state index in [1.165, 1.54) is 0 Å². The Morgan fingerprint density at radius 3 is 2.44 bits per heavy atom. The Bertz CT molecular complexity index is 162. The van der Waals surface area contributed by atoms with Crippen molar-refractivity contribution in [2.75, 3.05) is 0 Å². The van der Waals surface area contributed by atoms with Gasteiger partial charge in [0.25, 0.3) is 0 Å². The number of aliphatic hydroxyl groups excluding tert-OH is 1. The van der Waals surface area contributed by atoms with Crippen LogP contribution in [0.5, 0.6) is 0 Å². The van der Waals surface area contributed by atoms with Gasteiger partial charge in [-0.15, -0.1) is 0 Å². The first-order valence-corrected chi connectivity index (χ1v) is 2.78. The van der Waals surface area contributed by atoms with E-state index >= 15 is 0 Å². The van der Waals surface area contributed by atoms with Crippen LogP contribution in [-0.2, 0) is 0 Å². The number of allylic oxidation sites excluding steroid dienone is 2. The molecule has 0 aromatic rings. The maximum absolute atomic E-state index is 8.90. The standard InChI is InChI=1S/C6H6OS.FH/c7-5-3-1-2-4-6(5)8;/h1-5,7H;1H. The molecule has 0 heterocycles. The molecule has 0 aromatic heterocycles. The zero-order chi connectivity index (χ0) is 5.98. The molecule has 50 valence electrons. The number of aliphatic hydroxyl groups is 1. The van der Waals surface area contributed by atoms with Gasteiger partial charge in [-0.3, -0.25) is 4.70 Å². The normalized spacial score (nSPS) is 23.7. The van der Waals surface area contributed by atoms with E-state index in [4.69, 9.17) is 17.3 Å². The highest BCUT2D eigenvalue weighted by molar-refractivity contribution is 7.80. The highest BCUT2D eigenvalue weighted by Gasteiger charge is 2.03. The molecule has 0 spiro atoms. The molecule has 0 bridgehead atoms. The molecule has 1 aliphatic carbocycles. The minimum atomic E-state index is -0.532. The summed E-state index contributed by atoms with van der Waals surface area (Å²) >= 11 is 4.74. The summed E-state index contributed by atoms with van der Waals surface area (Å²) in [5, 5.41) is 8.90. The minimum Gasteiger partial charge on any atom is -0.383 e. The van der Waals surface area contributed by atoms with E-state index < -0.39 is 6.10 Å². The molecule has 0 saturated heterocycles. The fraction of sp³-hybridized carbons (Fsp3) is 0.167. The van der Waals surface area contributed by atoms with Crippen molar-refractivity contribution in [3.63, 3.8) is 0 Å². The monoisotopic (exact) mass is 146 g/mol. The van der Waals surface area contributed by atoms with Crippen molar-refractivity contribution in [2.45, 2.75) is 6.10 Å². The number of halogens is 1. The van der Waals surface area contributed by atoms with Gasteiger partial charge in [0.2, 0.25) is 0 Å². The molecule has 0 amide bonds. The fourth-order valence-corrected chi connectivity index (χ4v) is 0.670. The molecule has 1 rings (SSSR count). The lowest BCUT2D eigenvalue weighted by Crippen LogP contribution is -2.14. The van der Waals surface area contributed by atoms with Gasteiger partial charge in [-0.1, -0.05) is 30.4 Å². The lowest BCUT2D eigenvalue weighted by atomic mass is 10.1. The van der Waals surface area contributed by atoms with Crippen LogP contribution in [0.25, 0.3) is 0 Å². The third-order valence-corrected chi connectivity index (χ3v) is 1.33. The molecule has 0 aliphatic heterocycles. The van der Waals surface area contributed by atoms with Gasteiger partial charge in [0.05, 0.1) is 0 Å². The molecule has 0 aromatic carbocycles. The Labute approximate surface area is 58.1 Å². The van der Waals surface area contributed by atoms with E-state index in [0.29, 0.717) is 4.86 Å². The third-order valence-electron chi connectivity index (χ3n) is 0.957. The Hall–Kier alpha value is -0.540. The number of hydrogen-bond acceptors (Lipinski definition) is 2. The van der Waals surface area contributed by atoms with Crippen molar-refractivity contribution in [3.05, 3.63) is 24.3 Å². The van der Waals surface area contributed by atoms with Gasteiger partial charge in [-0.25, -0.2) is 0 Å². The first kappa shape index (κ1) is 8.46. The molecule has 1 unspecified atom stereocenters. The van der Waals surface area contributed by atoms with Crippen molar-refractivity contribution in [3.8, 4) is 0 Å². The molecule has 0 radical (unpaired) electrons. The van der Waals surface area contributed by atoms with Crippen molar-refractivity contribution < 1.29 is 9.81 Å². The van der Waals surface area contributed by atoms with E-state index in [1.54, 1.807) is 18.2 Å². The smallest absolute Gasteiger partial charge is 0.107 e. The number of hydrogen-bond donors (Lipinski definition) is 1. The largest absolute Gasteiger partial charge is 0.383 e. The molecule has 0 fully saturated rings. The quantitative estimate of drug-likeness (QED) is 0.514. The molecule has 1 N–H and O–H groups in total. The van der Waals surface area contributed by atoms with Gasteiger partial charge in [0.1, 0.15) is 6.10 Å². The van der Waals surface area contributed by atoms with E-state index in [0.717, 1.165) is 0 Å². The Balaban J connectivity index is 0.000000640. The maximum atomic E-state index is 8.90. The Kier molecular flexibility index (Phi) is 3.27. The Morgan fingerprint density at radius 2 is 2.11 bits per heavy atom. The average molecular weight is 146 g/mol. The summed E-state index contributed by atoms with van der Waals surface area (Å²) in [5.41, 5.74) is 0. The lowest BCUT2D eigenvalue weighted by Gasteiger charge is -2.04. The molecule has 1 aliphatic rings. The van der Waals surface area contributed by atoms with Crippen LogP contribution in [0.4, 0.5) is 4.70 Å². The predicted octanol–water partition coefficient (Wildman–Crippen LogP) is 0.996. The topological polar surface area (TPSA) is 20.2 Å². The second kappa shape index (κ2) is 3.48. The molecule has 1 nitrogen and oxygen atoms in total. The Morgan fingerprint density at radius 1 is 1.44 bits per heavy atom. The summed E-state index contributed by atoms with van der Waals surface area (Å²) in [4.78, 5) is 0.590. The minimum absolute atomic E-state index is 0. The van der Waals surface area contributed by atoms with Gasteiger partial charge < -0.3 is 5.11 Å². The highest BCUT2D eigenvalue weighted by atomic mass is 32.1. The summed E-state index contributed by atoms with van der Waals surface area (Å²) in [5.74, 6) is 0. The average Bonchev–Trinajstić information content (AvgIpc) is 1.77. The van der Waals surface area contributed by atoms with Crippen LogP contribution in [-0.4, -0.2) is 16.1 Å². The zero-order valence-corrected chi connectivity index (χ0v) is 5.47. The summed E-state index contributed by atoms with van der Waals surface area (Å²) < 4.78 is 0. The maximum Gasteiger partial charge on any atom is 0.107 e. The highest BCUT2D eigenvalue weighted by Crippen LogP contribution is 1.99. The van der Waals surface area contributed by atoms with Crippen LogP contribution < -0.4 is 0 Å². The third kappa shape index (κ3) is 2.03. The summed E-state index contributed by atoms with van der Waals surface area (Å²) in [6.45, 7) is 0.